The van der Waals surface area contributed by atoms with Crippen LogP contribution < -0.4 is 4.74 Å². The quantitative estimate of drug-likeness (QED) is 0.783. The minimum absolute atomic E-state index is 0.234. The van der Waals surface area contributed by atoms with Crippen molar-refractivity contribution in [2.75, 3.05) is 6.61 Å². The lowest BCUT2D eigenvalue weighted by atomic mass is 10.1. The molecule has 0 heterocycles. The largest absolute Gasteiger partial charge is 0.493 e. The smallest absolute Gasteiger partial charge is 0.150 e. The van der Waals surface area contributed by atoms with E-state index in [9.17, 15) is 14.3 Å². The molecular formula is C12H15FO3. The predicted molar refractivity (Wildman–Crippen MR) is 58.2 cm³/mol. The summed E-state index contributed by atoms with van der Waals surface area (Å²) in [4.78, 5) is 10.5. The summed E-state index contributed by atoms with van der Waals surface area (Å²) in [6.07, 6.45) is 0.992. The van der Waals surface area contributed by atoms with Crippen LogP contribution in [-0.4, -0.2) is 23.6 Å². The van der Waals surface area contributed by atoms with Crippen molar-refractivity contribution < 1.29 is 19.0 Å². The van der Waals surface area contributed by atoms with Gasteiger partial charge in [-0.1, -0.05) is 0 Å². The van der Waals surface area contributed by atoms with Crippen molar-refractivity contribution in [3.8, 4) is 5.75 Å². The second kappa shape index (κ2) is 5.07. The topological polar surface area (TPSA) is 46.5 Å². The number of carbonyl (C=O) groups excluding carboxylic acids is 1. The van der Waals surface area contributed by atoms with Crippen LogP contribution in [0.3, 0.4) is 0 Å². The lowest BCUT2D eigenvalue weighted by Crippen LogP contribution is -2.21. The molecule has 0 radical (unpaired) electrons. The third kappa shape index (κ3) is 4.40. The predicted octanol–water partition coefficient (Wildman–Crippen LogP) is 2.18. The molecule has 0 fully saturated rings. The average molecular weight is 226 g/mol. The Labute approximate surface area is 93.9 Å². The van der Waals surface area contributed by atoms with Crippen LogP contribution in [0.2, 0.25) is 0 Å². The van der Waals surface area contributed by atoms with Crippen molar-refractivity contribution in [3.05, 3.63) is 29.6 Å². The van der Waals surface area contributed by atoms with E-state index in [1.807, 2.05) is 0 Å². The zero-order chi connectivity index (χ0) is 12.2. The average Bonchev–Trinajstić information content (AvgIpc) is 2.14. The Bertz CT molecular complexity index is 369. The zero-order valence-corrected chi connectivity index (χ0v) is 9.37. The molecule has 4 heteroatoms. The van der Waals surface area contributed by atoms with Gasteiger partial charge in [-0.25, -0.2) is 4.39 Å². The molecule has 0 saturated carbocycles. The minimum atomic E-state index is -0.819. The Morgan fingerprint density at radius 1 is 1.44 bits per heavy atom. The van der Waals surface area contributed by atoms with Gasteiger partial charge < -0.3 is 9.84 Å². The molecule has 0 unspecified atom stereocenters. The van der Waals surface area contributed by atoms with Crippen LogP contribution in [0.1, 0.15) is 30.6 Å². The summed E-state index contributed by atoms with van der Waals surface area (Å²) in [5, 5.41) is 9.44. The van der Waals surface area contributed by atoms with Crippen LogP contribution in [0.25, 0.3) is 0 Å². The number of rotatable bonds is 5. The maximum absolute atomic E-state index is 13.0. The first-order valence-electron chi connectivity index (χ1n) is 5.02. The van der Waals surface area contributed by atoms with Crippen LogP contribution in [0.15, 0.2) is 18.2 Å². The fourth-order valence-electron chi connectivity index (χ4n) is 1.15. The first-order chi connectivity index (χ1) is 7.40. The van der Waals surface area contributed by atoms with E-state index in [2.05, 4.69) is 0 Å². The molecule has 0 aliphatic rings. The Morgan fingerprint density at radius 3 is 2.69 bits per heavy atom. The summed E-state index contributed by atoms with van der Waals surface area (Å²) in [6, 6.07) is 3.80. The third-order valence-corrected chi connectivity index (χ3v) is 2.01. The summed E-state index contributed by atoms with van der Waals surface area (Å²) >= 11 is 0. The van der Waals surface area contributed by atoms with Gasteiger partial charge in [0.25, 0.3) is 0 Å². The Hall–Kier alpha value is -1.42. The van der Waals surface area contributed by atoms with Crippen molar-refractivity contribution in [3.63, 3.8) is 0 Å². The number of hydrogen-bond acceptors (Lipinski definition) is 3. The molecule has 0 aliphatic heterocycles. The maximum Gasteiger partial charge on any atom is 0.150 e. The molecule has 0 amide bonds. The van der Waals surface area contributed by atoms with Crippen LogP contribution in [0.5, 0.6) is 5.75 Å². The summed E-state index contributed by atoms with van der Waals surface area (Å²) in [5.41, 5.74) is -0.584. The van der Waals surface area contributed by atoms with Gasteiger partial charge in [0, 0.05) is 18.1 Å². The van der Waals surface area contributed by atoms with E-state index in [0.29, 0.717) is 18.5 Å². The first kappa shape index (κ1) is 12.6. The number of benzene rings is 1. The fraction of sp³-hybridized carbons (Fsp3) is 0.417. The molecule has 88 valence electrons. The molecule has 0 bridgehead atoms. The lowest BCUT2D eigenvalue weighted by molar-refractivity contribution is 0.0553. The molecule has 1 rings (SSSR count). The minimum Gasteiger partial charge on any atom is -0.493 e. The highest BCUT2D eigenvalue weighted by Crippen LogP contribution is 2.16. The van der Waals surface area contributed by atoms with E-state index in [4.69, 9.17) is 4.74 Å². The lowest BCUT2D eigenvalue weighted by Gasteiger charge is -2.17. The van der Waals surface area contributed by atoms with Crippen LogP contribution in [0.4, 0.5) is 4.39 Å². The monoisotopic (exact) mass is 226 g/mol. The Morgan fingerprint density at radius 2 is 2.12 bits per heavy atom. The van der Waals surface area contributed by atoms with E-state index < -0.39 is 11.4 Å². The molecule has 0 saturated heterocycles. The number of ether oxygens (including phenoxy) is 1. The van der Waals surface area contributed by atoms with Gasteiger partial charge >= 0.3 is 0 Å². The van der Waals surface area contributed by atoms with Gasteiger partial charge in [0.05, 0.1) is 12.2 Å². The van der Waals surface area contributed by atoms with Gasteiger partial charge in [-0.15, -0.1) is 0 Å². The molecule has 1 N–H and O–H groups in total. The van der Waals surface area contributed by atoms with E-state index in [-0.39, 0.29) is 12.2 Å². The third-order valence-electron chi connectivity index (χ3n) is 2.01. The standard InChI is InChI=1S/C12H15FO3/c1-12(2,15)3-4-16-11-6-9(8-14)5-10(13)7-11/h5-8,15H,3-4H2,1-2H3. The van der Waals surface area contributed by atoms with E-state index in [1.165, 1.54) is 12.1 Å². The highest BCUT2D eigenvalue weighted by molar-refractivity contribution is 5.75. The Kier molecular flexibility index (Phi) is 4.01. The van der Waals surface area contributed by atoms with Crippen LogP contribution in [-0.2, 0) is 0 Å². The Balaban J connectivity index is 2.60. The number of aliphatic hydroxyl groups is 1. The van der Waals surface area contributed by atoms with E-state index in [1.54, 1.807) is 13.8 Å². The molecule has 0 aliphatic carbocycles. The number of halogens is 1. The SMILES string of the molecule is CC(C)(O)CCOc1cc(F)cc(C=O)c1. The molecule has 0 spiro atoms. The molecule has 1 aromatic rings. The van der Waals surface area contributed by atoms with Crippen molar-refractivity contribution in [1.29, 1.82) is 0 Å². The zero-order valence-electron chi connectivity index (χ0n) is 9.37. The molecule has 3 nitrogen and oxygen atoms in total. The number of carbonyl (C=O) groups is 1. The molecule has 1 aromatic carbocycles. The highest BCUT2D eigenvalue weighted by atomic mass is 19.1. The first-order valence-corrected chi connectivity index (χ1v) is 5.02. The van der Waals surface area contributed by atoms with Crippen LogP contribution in [0, 0.1) is 5.82 Å². The molecule has 16 heavy (non-hydrogen) atoms. The summed E-state index contributed by atoms with van der Waals surface area (Å²) in [6.45, 7) is 3.60. The molecular weight excluding hydrogens is 211 g/mol. The fourth-order valence-corrected chi connectivity index (χ4v) is 1.15. The van der Waals surface area contributed by atoms with E-state index >= 15 is 0 Å². The van der Waals surface area contributed by atoms with Gasteiger partial charge in [0.1, 0.15) is 17.9 Å². The van der Waals surface area contributed by atoms with E-state index in [0.717, 1.165) is 6.07 Å². The van der Waals surface area contributed by atoms with Crippen LogP contribution >= 0.6 is 0 Å². The summed E-state index contributed by atoms with van der Waals surface area (Å²) in [7, 11) is 0. The molecule has 0 atom stereocenters. The molecule has 0 aromatic heterocycles. The summed E-state index contributed by atoms with van der Waals surface area (Å²) in [5.74, 6) is -0.214. The number of aldehydes is 1. The van der Waals surface area contributed by atoms with Crippen molar-refractivity contribution >= 4 is 6.29 Å². The highest BCUT2D eigenvalue weighted by Gasteiger charge is 2.12. The van der Waals surface area contributed by atoms with Gasteiger partial charge in [-0.05, 0) is 26.0 Å². The van der Waals surface area contributed by atoms with Crippen molar-refractivity contribution in [2.24, 2.45) is 0 Å². The maximum atomic E-state index is 13.0. The van der Waals surface area contributed by atoms with Gasteiger partial charge in [0.15, 0.2) is 0 Å². The van der Waals surface area contributed by atoms with Gasteiger partial charge in [-0.3, -0.25) is 4.79 Å². The summed E-state index contributed by atoms with van der Waals surface area (Å²) < 4.78 is 18.2. The van der Waals surface area contributed by atoms with Crippen molar-refractivity contribution in [1.82, 2.24) is 0 Å². The van der Waals surface area contributed by atoms with Gasteiger partial charge in [-0.2, -0.15) is 0 Å². The van der Waals surface area contributed by atoms with Gasteiger partial charge in [0.2, 0.25) is 0 Å². The normalized spacial score (nSPS) is 11.2. The van der Waals surface area contributed by atoms with Crippen molar-refractivity contribution in [2.45, 2.75) is 25.9 Å². The number of hydrogen-bond donors (Lipinski definition) is 1. The second-order valence-corrected chi connectivity index (χ2v) is 4.25. The second-order valence-electron chi connectivity index (χ2n) is 4.25.